The summed E-state index contributed by atoms with van der Waals surface area (Å²) < 4.78 is 14.6. The van der Waals surface area contributed by atoms with Gasteiger partial charge in [0.05, 0.1) is 4.76 Å². The van der Waals surface area contributed by atoms with E-state index >= 15 is 0 Å². The van der Waals surface area contributed by atoms with Crippen LogP contribution in [0, 0.1) is 0 Å². The Labute approximate surface area is 158 Å². The summed E-state index contributed by atoms with van der Waals surface area (Å²) in [4.78, 5) is 27.7. The van der Waals surface area contributed by atoms with Crippen molar-refractivity contribution in [3.63, 3.8) is 0 Å². The highest BCUT2D eigenvalue weighted by molar-refractivity contribution is 7.59. The molecule has 2 unspecified atom stereocenters. The topological polar surface area (TPSA) is 103 Å². The fourth-order valence-corrected chi connectivity index (χ4v) is 4.01. The maximum Gasteiger partial charge on any atom is 0.604 e. The smallest absolute Gasteiger partial charge is 0.332 e. The number of fused-ring (bicyclic) bond motifs is 1. The Kier molecular flexibility index (Phi) is 5.43. The molecule has 3 N–H and O–H groups in total. The molecular weight excluding hydrogens is 369 g/mol. The number of nitrogens with zero attached hydrogens (tertiary/aromatic N) is 2. The predicted octanol–water partition coefficient (Wildman–Crippen LogP) is 2.71. The van der Waals surface area contributed by atoms with Crippen molar-refractivity contribution in [3.8, 4) is 5.75 Å². The number of guanidine groups is 1. The molecule has 27 heavy (non-hydrogen) atoms. The molecule has 1 heterocycles. The molecule has 0 aromatic heterocycles. The zero-order valence-corrected chi connectivity index (χ0v) is 16.0. The first-order valence-electron chi connectivity index (χ1n) is 8.29. The van der Waals surface area contributed by atoms with Gasteiger partial charge in [0.15, 0.2) is 12.3 Å². The van der Waals surface area contributed by atoms with Gasteiger partial charge in [-0.1, -0.05) is 53.2 Å². The van der Waals surface area contributed by atoms with E-state index in [1.165, 1.54) is 6.92 Å². The van der Waals surface area contributed by atoms with Gasteiger partial charge in [-0.3, -0.25) is 9.36 Å². The second-order valence-corrected chi connectivity index (χ2v) is 7.87. The number of hydrogen-bond donors (Lipinski definition) is 2. The quantitative estimate of drug-likeness (QED) is 0.274. The summed E-state index contributed by atoms with van der Waals surface area (Å²) in [7, 11) is -2.06. The largest absolute Gasteiger partial charge is 0.604 e. The highest BCUT2D eigenvalue weighted by atomic mass is 31.2. The van der Waals surface area contributed by atoms with Gasteiger partial charge in [0, 0.05) is 18.1 Å². The van der Waals surface area contributed by atoms with Gasteiger partial charge in [-0.25, -0.2) is 4.79 Å². The number of para-hydroxylation sites is 1. The van der Waals surface area contributed by atoms with Crippen molar-refractivity contribution < 1.29 is 28.2 Å². The lowest BCUT2D eigenvalue weighted by molar-refractivity contribution is -1.01. The normalized spacial score (nSPS) is 21.5. The summed E-state index contributed by atoms with van der Waals surface area (Å²) in [5.74, 6) is -0.183. The van der Waals surface area contributed by atoms with Crippen LogP contribution in [0.4, 0.5) is 0 Å². The summed E-state index contributed by atoms with van der Waals surface area (Å²) in [6, 6.07) is 16.6. The van der Waals surface area contributed by atoms with Crippen LogP contribution in [0.2, 0.25) is 0 Å². The number of carbonyl (C=O) groups excluding carboxylic acids is 1. The molecule has 0 bridgehead atoms. The van der Waals surface area contributed by atoms with Crippen molar-refractivity contribution in [2.45, 2.75) is 20.1 Å². The summed E-state index contributed by atoms with van der Waals surface area (Å²) >= 11 is 0. The Morgan fingerprint density at radius 1 is 1.26 bits per heavy atom. The van der Waals surface area contributed by atoms with E-state index in [1.54, 1.807) is 19.2 Å². The maximum atomic E-state index is 11.6. The van der Waals surface area contributed by atoms with Crippen molar-refractivity contribution in [1.82, 2.24) is 0 Å². The van der Waals surface area contributed by atoms with Crippen molar-refractivity contribution in [2.24, 2.45) is 10.5 Å². The van der Waals surface area contributed by atoms with Gasteiger partial charge in [0.25, 0.3) is 0 Å². The van der Waals surface area contributed by atoms with E-state index < -0.39 is 18.7 Å². The Bertz CT molecular complexity index is 863. The molecule has 0 radical (unpaired) electrons. The molecule has 0 spiro atoms. The molecule has 9 heteroatoms. The first-order chi connectivity index (χ1) is 12.8. The third-order valence-electron chi connectivity index (χ3n) is 3.95. The molecule has 1 aliphatic heterocycles. The number of quaternary nitrogens is 1. The van der Waals surface area contributed by atoms with Crippen molar-refractivity contribution >= 4 is 20.0 Å². The number of benzene rings is 2. The molecule has 0 aliphatic carbocycles. The Morgan fingerprint density at radius 2 is 1.93 bits per heavy atom. The predicted molar refractivity (Wildman–Crippen MR) is 101 cm³/mol. The van der Waals surface area contributed by atoms with Gasteiger partial charge >= 0.3 is 20.0 Å². The zero-order chi connectivity index (χ0) is 19.5. The standard InChI is InChI=1S/C18H22N3O5P/c1-14(22)25-21(2,12-15-8-4-3-5-9-15)18(19)20-27(23)24-13-16-10-6-7-11-17(16)26-27/h3-11,23H,12-13H2,1-2H3,(H2,19,20)/q+2. The number of rotatable bonds is 3. The van der Waals surface area contributed by atoms with Gasteiger partial charge in [0.1, 0.15) is 13.7 Å². The molecular formula is C18H22N3O5P+2. The van der Waals surface area contributed by atoms with Crippen molar-refractivity contribution in [1.29, 1.82) is 0 Å². The number of hydrogen-bond acceptors (Lipinski definition) is 6. The lowest BCUT2D eigenvalue weighted by Gasteiger charge is -2.28. The average Bonchev–Trinajstić information content (AvgIpc) is 2.61. The molecule has 0 saturated heterocycles. The van der Waals surface area contributed by atoms with Crippen LogP contribution in [0.3, 0.4) is 0 Å². The van der Waals surface area contributed by atoms with Crippen LogP contribution in [0.1, 0.15) is 18.1 Å². The molecule has 2 aromatic rings. The Balaban J connectivity index is 1.89. The van der Waals surface area contributed by atoms with Crippen LogP contribution in [-0.2, 0) is 27.3 Å². The van der Waals surface area contributed by atoms with E-state index in [-0.39, 0.29) is 19.1 Å². The minimum atomic E-state index is -3.64. The van der Waals surface area contributed by atoms with Gasteiger partial charge in [-0.2, -0.15) is 4.89 Å². The number of carbonyl (C=O) groups is 1. The van der Waals surface area contributed by atoms with Crippen molar-refractivity contribution in [2.75, 3.05) is 7.05 Å². The Hall–Kier alpha value is -2.51. The summed E-state index contributed by atoms with van der Waals surface area (Å²) in [6.45, 7) is 1.65. The molecule has 8 nitrogen and oxygen atoms in total. The maximum absolute atomic E-state index is 11.6. The van der Waals surface area contributed by atoms with E-state index in [2.05, 4.69) is 4.76 Å². The van der Waals surface area contributed by atoms with Crippen molar-refractivity contribution in [3.05, 3.63) is 65.7 Å². The number of hydroxylamine groups is 3. The monoisotopic (exact) mass is 391 g/mol. The molecule has 0 saturated carbocycles. The van der Waals surface area contributed by atoms with Crippen LogP contribution >= 0.6 is 8.09 Å². The molecule has 3 rings (SSSR count). The highest BCUT2D eigenvalue weighted by Gasteiger charge is 2.52. The molecule has 0 amide bonds. The first-order valence-corrected chi connectivity index (χ1v) is 9.82. The summed E-state index contributed by atoms with van der Waals surface area (Å²) in [5, 5.41) is 0. The third kappa shape index (κ3) is 4.61. The van der Waals surface area contributed by atoms with Gasteiger partial charge in [-0.15, -0.1) is 4.52 Å². The minimum Gasteiger partial charge on any atom is -0.332 e. The fraction of sp³-hybridized carbons (Fsp3) is 0.222. The number of nitrogens with two attached hydrogens (primary N) is 1. The lowest BCUT2D eigenvalue weighted by atomic mass is 10.2. The minimum absolute atomic E-state index is 0.135. The van der Waals surface area contributed by atoms with Gasteiger partial charge in [-0.05, 0) is 6.07 Å². The molecule has 1 aliphatic rings. The van der Waals surface area contributed by atoms with Crippen LogP contribution in [0.25, 0.3) is 0 Å². The molecule has 142 valence electrons. The third-order valence-corrected chi connectivity index (χ3v) is 5.31. The first kappa shape index (κ1) is 19.3. The average molecular weight is 391 g/mol. The molecule has 2 atom stereocenters. The second-order valence-electron chi connectivity index (χ2n) is 6.25. The van der Waals surface area contributed by atoms with E-state index in [0.29, 0.717) is 5.75 Å². The van der Waals surface area contributed by atoms with Crippen LogP contribution < -0.4 is 10.3 Å². The van der Waals surface area contributed by atoms with E-state index in [4.69, 9.17) is 19.6 Å². The summed E-state index contributed by atoms with van der Waals surface area (Å²) in [6.07, 6.45) is 0. The molecule has 0 fully saturated rings. The lowest BCUT2D eigenvalue weighted by Crippen LogP contribution is -2.53. The van der Waals surface area contributed by atoms with Gasteiger partial charge < -0.3 is 5.73 Å². The SMILES string of the molecule is CC(=O)O[N+](C)(Cc1ccccc1)C(N)=N[P+]1(O)OCc2ccccc2O1. The van der Waals surface area contributed by atoms with Crippen LogP contribution in [-0.4, -0.2) is 28.5 Å². The van der Waals surface area contributed by atoms with E-state index in [1.807, 2.05) is 42.5 Å². The van der Waals surface area contributed by atoms with E-state index in [9.17, 15) is 9.69 Å². The fourth-order valence-electron chi connectivity index (χ4n) is 2.67. The Morgan fingerprint density at radius 3 is 2.63 bits per heavy atom. The van der Waals surface area contributed by atoms with E-state index in [0.717, 1.165) is 11.1 Å². The summed E-state index contributed by atoms with van der Waals surface area (Å²) in [5.41, 5.74) is 7.82. The van der Waals surface area contributed by atoms with Gasteiger partial charge in [0.2, 0.25) is 0 Å². The zero-order valence-electron chi connectivity index (χ0n) is 15.1. The van der Waals surface area contributed by atoms with Crippen LogP contribution in [0.15, 0.2) is 59.4 Å². The van der Waals surface area contributed by atoms with Crippen LogP contribution in [0.5, 0.6) is 5.75 Å². The second kappa shape index (κ2) is 7.62. The molecule has 2 aromatic carbocycles. The highest BCUT2D eigenvalue weighted by Crippen LogP contribution is 2.62.